The standard InChI is InChI=1S/2C8H12NO3P.Fe/c2*1-3-12-13(10,11)8-6-4-5-7(2)9-8;/h2*4-6H,3H2,1-2H3,(H,10,11);. The molecule has 2 unspecified atom stereocenters. The molecule has 0 aliphatic carbocycles. The Hall–Kier alpha value is -0.881. The molecule has 0 fully saturated rings. The van der Waals surface area contributed by atoms with Crippen molar-refractivity contribution in [1.29, 1.82) is 0 Å². The van der Waals surface area contributed by atoms with Crippen molar-refractivity contribution in [1.82, 2.24) is 9.97 Å². The zero-order valence-electron chi connectivity index (χ0n) is 15.5. The fourth-order valence-electron chi connectivity index (χ4n) is 1.85. The summed E-state index contributed by atoms with van der Waals surface area (Å²) in [5, 5.41) is 0. The molecule has 2 aromatic rings. The van der Waals surface area contributed by atoms with Crippen LogP contribution >= 0.6 is 15.2 Å². The Labute approximate surface area is 169 Å². The Bertz CT molecular complexity index is 754. The van der Waals surface area contributed by atoms with E-state index in [2.05, 4.69) is 9.97 Å². The van der Waals surface area contributed by atoms with Gasteiger partial charge in [-0.15, -0.1) is 0 Å². The van der Waals surface area contributed by atoms with E-state index in [9.17, 15) is 18.9 Å². The molecule has 152 valence electrons. The van der Waals surface area contributed by atoms with Gasteiger partial charge in [-0.3, -0.25) is 9.13 Å². The van der Waals surface area contributed by atoms with Gasteiger partial charge in [-0.25, -0.2) is 9.97 Å². The van der Waals surface area contributed by atoms with E-state index >= 15 is 0 Å². The van der Waals surface area contributed by atoms with E-state index in [0.29, 0.717) is 11.4 Å². The summed E-state index contributed by atoms with van der Waals surface area (Å²) in [6.07, 6.45) is 0. The van der Waals surface area contributed by atoms with Gasteiger partial charge in [0, 0.05) is 28.5 Å². The predicted octanol–water partition coefficient (Wildman–Crippen LogP) is 2.47. The summed E-state index contributed by atoms with van der Waals surface area (Å²) in [5.74, 6) is 0. The molecule has 0 saturated carbocycles. The van der Waals surface area contributed by atoms with Crippen molar-refractivity contribution in [3.05, 3.63) is 47.8 Å². The molecule has 11 heteroatoms. The van der Waals surface area contributed by atoms with Crippen LogP contribution in [0.3, 0.4) is 0 Å². The first-order valence-corrected chi connectivity index (χ1v) is 11.1. The van der Waals surface area contributed by atoms with Crippen LogP contribution in [0.4, 0.5) is 0 Å². The van der Waals surface area contributed by atoms with E-state index in [1.807, 2.05) is 0 Å². The van der Waals surface area contributed by atoms with Crippen molar-refractivity contribution >= 4 is 26.1 Å². The number of hydrogen-bond acceptors (Lipinski definition) is 6. The van der Waals surface area contributed by atoms with Gasteiger partial charge in [0.15, 0.2) is 10.9 Å². The number of hydrogen-bond donors (Lipinski definition) is 2. The minimum Gasteiger partial charge on any atom is -0.320 e. The molecule has 2 N–H and O–H groups in total. The topological polar surface area (TPSA) is 119 Å². The Morgan fingerprint density at radius 3 is 1.41 bits per heavy atom. The summed E-state index contributed by atoms with van der Waals surface area (Å²) in [5.41, 5.74) is 1.61. The normalized spacial score (nSPS) is 14.7. The van der Waals surface area contributed by atoms with Crippen LogP contribution < -0.4 is 10.9 Å². The molecule has 0 amide bonds. The van der Waals surface area contributed by atoms with Crippen LogP contribution in [0.1, 0.15) is 25.2 Å². The molecule has 27 heavy (non-hydrogen) atoms. The third-order valence-electron chi connectivity index (χ3n) is 2.93. The zero-order chi connectivity index (χ0) is 19.8. The van der Waals surface area contributed by atoms with Crippen LogP contribution in [-0.2, 0) is 35.2 Å². The maximum Gasteiger partial charge on any atom is 0.376 e. The second-order valence-electron chi connectivity index (χ2n) is 5.15. The van der Waals surface area contributed by atoms with Gasteiger partial charge in [0.25, 0.3) is 0 Å². The summed E-state index contributed by atoms with van der Waals surface area (Å²) in [6.45, 7) is 7.25. The van der Waals surface area contributed by atoms with Crippen LogP contribution in [0, 0.1) is 13.8 Å². The molecule has 2 atom stereocenters. The summed E-state index contributed by atoms with van der Waals surface area (Å²) in [7, 11) is -7.37. The van der Waals surface area contributed by atoms with Gasteiger partial charge in [-0.05, 0) is 52.0 Å². The van der Waals surface area contributed by atoms with E-state index in [1.54, 1.807) is 52.0 Å². The average molecular weight is 458 g/mol. The van der Waals surface area contributed by atoms with Crippen molar-refractivity contribution in [2.24, 2.45) is 0 Å². The number of aromatic nitrogens is 2. The third-order valence-corrected chi connectivity index (χ3v) is 5.81. The van der Waals surface area contributed by atoms with E-state index < -0.39 is 15.2 Å². The molecule has 2 rings (SSSR count). The summed E-state index contributed by atoms with van der Waals surface area (Å²) >= 11 is 0. The molecule has 0 aliphatic rings. The molecule has 8 nitrogen and oxygen atoms in total. The number of pyridine rings is 2. The third kappa shape index (κ3) is 8.77. The second kappa shape index (κ2) is 11.8. The van der Waals surface area contributed by atoms with Crippen molar-refractivity contribution in [2.75, 3.05) is 13.2 Å². The molecule has 2 heterocycles. The Morgan fingerprint density at radius 2 is 1.15 bits per heavy atom. The van der Waals surface area contributed by atoms with E-state index in [0.717, 1.165) is 0 Å². The van der Waals surface area contributed by atoms with Gasteiger partial charge >= 0.3 is 15.2 Å². The average Bonchev–Trinajstić information content (AvgIpc) is 2.55. The van der Waals surface area contributed by atoms with Crippen molar-refractivity contribution in [2.45, 2.75) is 27.7 Å². The molecule has 2 aromatic heterocycles. The smallest absolute Gasteiger partial charge is 0.320 e. The van der Waals surface area contributed by atoms with Crippen LogP contribution in [0.25, 0.3) is 0 Å². The molecular formula is C16H24FeN2O6P2. The van der Waals surface area contributed by atoms with Gasteiger partial charge in [-0.2, -0.15) is 0 Å². The first-order valence-electron chi connectivity index (χ1n) is 7.95. The Kier molecular flexibility index (Phi) is 11.5. The molecule has 0 saturated heterocycles. The van der Waals surface area contributed by atoms with Crippen LogP contribution in [0.5, 0.6) is 0 Å². The van der Waals surface area contributed by atoms with Gasteiger partial charge in [-0.1, -0.05) is 12.1 Å². The number of rotatable bonds is 6. The summed E-state index contributed by atoms with van der Waals surface area (Å²) in [6, 6.07) is 9.86. The van der Waals surface area contributed by atoms with E-state index in [1.165, 1.54) is 12.1 Å². The minimum absolute atomic E-state index is 0. The van der Waals surface area contributed by atoms with Crippen molar-refractivity contribution < 1.29 is 45.0 Å². The SMILES string of the molecule is CCOP(=O)(O)c1cccc(C)n1.CCOP(=O)(O)c1cccc(C)n1.[Fe]. The van der Waals surface area contributed by atoms with Gasteiger partial charge in [0.2, 0.25) is 0 Å². The van der Waals surface area contributed by atoms with Crippen molar-refractivity contribution in [3.8, 4) is 0 Å². The van der Waals surface area contributed by atoms with Gasteiger partial charge in [0.05, 0.1) is 13.2 Å². The van der Waals surface area contributed by atoms with Crippen LogP contribution in [0.15, 0.2) is 36.4 Å². The molecule has 0 radical (unpaired) electrons. The van der Waals surface area contributed by atoms with E-state index in [-0.39, 0.29) is 41.2 Å². The maximum absolute atomic E-state index is 11.4. The number of nitrogens with zero attached hydrogens (tertiary/aromatic N) is 2. The first kappa shape index (κ1) is 26.1. The van der Waals surface area contributed by atoms with Crippen LogP contribution in [-0.4, -0.2) is 33.0 Å². The van der Waals surface area contributed by atoms with Gasteiger partial charge in [0.1, 0.15) is 0 Å². The number of aryl methyl sites for hydroxylation is 2. The molecule has 0 aromatic carbocycles. The quantitative estimate of drug-likeness (QED) is 0.501. The molecule has 0 bridgehead atoms. The predicted molar refractivity (Wildman–Crippen MR) is 100 cm³/mol. The second-order valence-corrected chi connectivity index (χ2v) is 8.67. The summed E-state index contributed by atoms with van der Waals surface area (Å²) in [4.78, 5) is 26.6. The largest absolute Gasteiger partial charge is 0.376 e. The van der Waals surface area contributed by atoms with E-state index in [4.69, 9.17) is 9.05 Å². The fourth-order valence-corrected chi connectivity index (χ4v) is 3.94. The first-order chi connectivity index (χ1) is 12.1. The Balaban J connectivity index is 0.000000483. The monoisotopic (exact) mass is 458 g/mol. The van der Waals surface area contributed by atoms with Crippen molar-refractivity contribution in [3.63, 3.8) is 0 Å². The molecular weight excluding hydrogens is 434 g/mol. The Morgan fingerprint density at radius 1 is 0.815 bits per heavy atom. The molecule has 0 aliphatic heterocycles. The van der Waals surface area contributed by atoms with Crippen LogP contribution in [0.2, 0.25) is 0 Å². The van der Waals surface area contributed by atoms with Gasteiger partial charge < -0.3 is 18.8 Å². The molecule has 0 spiro atoms. The zero-order valence-corrected chi connectivity index (χ0v) is 18.4. The fraction of sp³-hybridized carbons (Fsp3) is 0.375. The maximum atomic E-state index is 11.4. The summed E-state index contributed by atoms with van der Waals surface area (Å²) < 4.78 is 32.3. The minimum atomic E-state index is -3.68.